The number of hydrogen-bond acceptors (Lipinski definition) is 2. The number of benzene rings is 3. The van der Waals surface area contributed by atoms with Gasteiger partial charge < -0.3 is 0 Å². The maximum Gasteiger partial charge on any atom is 0.122 e. The summed E-state index contributed by atoms with van der Waals surface area (Å²) in [6.07, 6.45) is 4.21. The fourth-order valence-electron chi connectivity index (χ4n) is 3.36. The van der Waals surface area contributed by atoms with Crippen molar-refractivity contribution in [3.63, 3.8) is 0 Å². The van der Waals surface area contributed by atoms with Gasteiger partial charge in [-0.3, -0.25) is 5.01 Å². The summed E-state index contributed by atoms with van der Waals surface area (Å²) in [4.78, 5) is 4.72. The first-order valence-corrected chi connectivity index (χ1v) is 10.6. The van der Waals surface area contributed by atoms with Gasteiger partial charge >= 0.3 is 0 Å². The maximum atomic E-state index is 4.72. The van der Waals surface area contributed by atoms with Crippen LogP contribution in [0.2, 0.25) is 0 Å². The lowest BCUT2D eigenvalue weighted by Gasteiger charge is -2.14. The molecule has 0 atom stereocenters. The van der Waals surface area contributed by atoms with E-state index in [2.05, 4.69) is 74.4 Å². The van der Waals surface area contributed by atoms with Crippen LogP contribution in [0, 0.1) is 13.8 Å². The summed E-state index contributed by atoms with van der Waals surface area (Å²) < 4.78 is 0. The van der Waals surface area contributed by atoms with E-state index in [9.17, 15) is 0 Å². The van der Waals surface area contributed by atoms with Crippen molar-refractivity contribution in [2.75, 3.05) is 7.05 Å². The number of rotatable bonds is 6. The molecule has 3 nitrogen and oxygen atoms in total. The molecule has 3 aromatic carbocycles. The van der Waals surface area contributed by atoms with Crippen molar-refractivity contribution in [3.8, 4) is 11.1 Å². The second-order valence-electron chi connectivity index (χ2n) is 7.75. The molecule has 3 heteroatoms. The molecule has 0 saturated carbocycles. The van der Waals surface area contributed by atoms with Crippen molar-refractivity contribution >= 4 is 17.7 Å². The van der Waals surface area contributed by atoms with Crippen LogP contribution in [0.4, 0.5) is 5.69 Å². The predicted molar refractivity (Wildman–Crippen MR) is 130 cm³/mol. The van der Waals surface area contributed by atoms with Crippen LogP contribution in [0.3, 0.4) is 0 Å². The van der Waals surface area contributed by atoms with Crippen LogP contribution in [-0.2, 0) is 6.42 Å². The molecule has 0 unspecified atom stereocenters. The second-order valence-corrected chi connectivity index (χ2v) is 7.75. The summed E-state index contributed by atoms with van der Waals surface area (Å²) in [6, 6.07) is 23.5. The maximum absolute atomic E-state index is 4.72. The quantitative estimate of drug-likeness (QED) is 0.251. The Kier molecular flexibility index (Phi) is 7.18. The Labute approximate surface area is 180 Å². The van der Waals surface area contributed by atoms with E-state index < -0.39 is 0 Å². The van der Waals surface area contributed by atoms with Crippen LogP contribution in [0.1, 0.15) is 42.5 Å². The number of para-hydroxylation sites is 1. The number of aryl methyl sites for hydroxylation is 3. The van der Waals surface area contributed by atoms with E-state index in [4.69, 9.17) is 4.99 Å². The molecular weight excluding hydrogens is 366 g/mol. The van der Waals surface area contributed by atoms with Gasteiger partial charge in [0.1, 0.15) is 5.84 Å². The lowest BCUT2D eigenvalue weighted by Crippen LogP contribution is -2.18. The minimum Gasteiger partial charge on any atom is -0.255 e. The molecule has 0 heterocycles. The molecule has 0 spiro atoms. The first-order chi connectivity index (χ1) is 14.5. The van der Waals surface area contributed by atoms with Gasteiger partial charge in [0.15, 0.2) is 0 Å². The summed E-state index contributed by atoms with van der Waals surface area (Å²) >= 11 is 0. The van der Waals surface area contributed by atoms with Crippen molar-refractivity contribution in [1.82, 2.24) is 5.01 Å². The van der Waals surface area contributed by atoms with Gasteiger partial charge in [-0.05, 0) is 61.6 Å². The SMILES string of the molecule is CCCc1ccc(-c2ccc(C)cc2/C=N/N(C)C(C)=Nc2ccccc2C)cc1. The van der Waals surface area contributed by atoms with Crippen molar-refractivity contribution in [3.05, 3.63) is 89.0 Å². The van der Waals surface area contributed by atoms with E-state index >= 15 is 0 Å². The predicted octanol–water partition coefficient (Wildman–Crippen LogP) is 6.94. The van der Waals surface area contributed by atoms with Crippen molar-refractivity contribution in [2.24, 2.45) is 10.1 Å². The third kappa shape index (κ3) is 5.44. The Morgan fingerprint density at radius 3 is 2.40 bits per heavy atom. The largest absolute Gasteiger partial charge is 0.255 e. The number of nitrogens with zero attached hydrogens (tertiary/aromatic N) is 3. The molecule has 0 saturated heterocycles. The zero-order valence-corrected chi connectivity index (χ0v) is 18.7. The normalized spacial score (nSPS) is 11.8. The highest BCUT2D eigenvalue weighted by molar-refractivity contribution is 5.92. The van der Waals surface area contributed by atoms with Gasteiger partial charge in [-0.25, -0.2) is 4.99 Å². The van der Waals surface area contributed by atoms with Crippen LogP contribution in [-0.4, -0.2) is 24.1 Å². The van der Waals surface area contributed by atoms with Crippen LogP contribution in [0.15, 0.2) is 76.8 Å². The number of amidine groups is 1. The van der Waals surface area contributed by atoms with Crippen LogP contribution >= 0.6 is 0 Å². The summed E-state index contributed by atoms with van der Waals surface area (Å²) in [6.45, 7) is 8.37. The minimum absolute atomic E-state index is 0.846. The van der Waals surface area contributed by atoms with Crippen LogP contribution in [0.5, 0.6) is 0 Å². The Hall–Kier alpha value is -3.20. The molecule has 0 amide bonds. The van der Waals surface area contributed by atoms with Crippen molar-refractivity contribution in [2.45, 2.75) is 40.5 Å². The van der Waals surface area contributed by atoms with E-state index in [0.717, 1.165) is 35.5 Å². The third-order valence-electron chi connectivity index (χ3n) is 5.25. The fourth-order valence-corrected chi connectivity index (χ4v) is 3.36. The highest BCUT2D eigenvalue weighted by Gasteiger charge is 2.06. The van der Waals surface area contributed by atoms with Crippen molar-refractivity contribution < 1.29 is 0 Å². The van der Waals surface area contributed by atoms with E-state index in [1.165, 1.54) is 22.3 Å². The average molecular weight is 398 g/mol. The molecule has 0 fully saturated rings. The highest BCUT2D eigenvalue weighted by Crippen LogP contribution is 2.25. The molecule has 0 aliphatic rings. The van der Waals surface area contributed by atoms with Crippen molar-refractivity contribution in [1.29, 1.82) is 0 Å². The molecule has 0 aromatic heterocycles. The highest BCUT2D eigenvalue weighted by atomic mass is 15.5. The Balaban J connectivity index is 1.86. The van der Waals surface area contributed by atoms with Gasteiger partial charge in [0.25, 0.3) is 0 Å². The van der Waals surface area contributed by atoms with Crippen LogP contribution < -0.4 is 0 Å². The summed E-state index contributed by atoms with van der Waals surface area (Å²) in [7, 11) is 1.93. The summed E-state index contributed by atoms with van der Waals surface area (Å²) in [5.41, 5.74) is 8.23. The van der Waals surface area contributed by atoms with Gasteiger partial charge in [0.05, 0.1) is 11.9 Å². The molecule has 30 heavy (non-hydrogen) atoms. The number of hydrogen-bond donors (Lipinski definition) is 0. The molecule has 0 radical (unpaired) electrons. The molecule has 0 N–H and O–H groups in total. The monoisotopic (exact) mass is 397 g/mol. The molecule has 0 aliphatic heterocycles. The van der Waals surface area contributed by atoms with Gasteiger partial charge in [-0.15, -0.1) is 0 Å². The molecule has 3 rings (SSSR count). The fraction of sp³-hybridized carbons (Fsp3) is 0.259. The number of aliphatic imine (C=N–C) groups is 1. The Morgan fingerprint density at radius 1 is 0.967 bits per heavy atom. The molecule has 154 valence electrons. The molecule has 0 aliphatic carbocycles. The lowest BCUT2D eigenvalue weighted by atomic mass is 9.97. The van der Waals surface area contributed by atoms with Crippen LogP contribution in [0.25, 0.3) is 11.1 Å². The Morgan fingerprint density at radius 2 is 1.70 bits per heavy atom. The average Bonchev–Trinajstić information content (AvgIpc) is 2.74. The topological polar surface area (TPSA) is 28.0 Å². The van der Waals surface area contributed by atoms with E-state index in [-0.39, 0.29) is 0 Å². The van der Waals surface area contributed by atoms with E-state index in [0.29, 0.717) is 0 Å². The van der Waals surface area contributed by atoms with E-state index in [1.54, 1.807) is 0 Å². The third-order valence-corrected chi connectivity index (χ3v) is 5.25. The smallest absolute Gasteiger partial charge is 0.122 e. The minimum atomic E-state index is 0.846. The molecule has 0 bridgehead atoms. The van der Waals surface area contributed by atoms with E-state index in [1.807, 2.05) is 43.4 Å². The molecular formula is C27H31N3. The molecule has 3 aromatic rings. The Bertz CT molecular complexity index is 1050. The summed E-state index contributed by atoms with van der Waals surface area (Å²) in [5.74, 6) is 0.846. The zero-order valence-electron chi connectivity index (χ0n) is 18.7. The standard InChI is InChI=1S/C27H31N3/c1-6-9-23-13-15-24(16-14-23)26-17-12-20(2)18-25(26)19-28-30(5)22(4)29-27-11-8-7-10-21(27)3/h7-8,10-19H,6,9H2,1-5H3/b28-19+,29-22?. The first-order valence-electron chi connectivity index (χ1n) is 10.6. The lowest BCUT2D eigenvalue weighted by molar-refractivity contribution is 0.544. The number of hydrazone groups is 1. The second kappa shape index (κ2) is 10.0. The summed E-state index contributed by atoms with van der Waals surface area (Å²) in [5, 5.41) is 6.49. The van der Waals surface area contributed by atoms with Gasteiger partial charge in [-0.1, -0.05) is 73.5 Å². The first kappa shape index (κ1) is 21.5. The van der Waals surface area contributed by atoms with Gasteiger partial charge in [0, 0.05) is 12.6 Å². The van der Waals surface area contributed by atoms with Gasteiger partial charge in [0.2, 0.25) is 0 Å². The van der Waals surface area contributed by atoms with Gasteiger partial charge in [-0.2, -0.15) is 5.10 Å². The zero-order chi connectivity index (χ0) is 21.5.